The largest absolute Gasteiger partial charge is 0.255 e. The zero-order valence-electron chi connectivity index (χ0n) is 6.94. The van der Waals surface area contributed by atoms with E-state index in [0.29, 0.717) is 6.04 Å². The molecule has 0 fully saturated rings. The van der Waals surface area contributed by atoms with Crippen LogP contribution in [0.15, 0.2) is 0 Å². The van der Waals surface area contributed by atoms with Gasteiger partial charge in [0.1, 0.15) is 0 Å². The van der Waals surface area contributed by atoms with Gasteiger partial charge >= 0.3 is 0 Å². The molecule has 1 unspecified atom stereocenters. The van der Waals surface area contributed by atoms with E-state index in [2.05, 4.69) is 38.3 Å². The van der Waals surface area contributed by atoms with Crippen molar-refractivity contribution in [1.29, 1.82) is 0 Å². The molecule has 2 nitrogen and oxygen atoms in total. The van der Waals surface area contributed by atoms with Crippen LogP contribution >= 0.6 is 0 Å². The second-order valence-electron chi connectivity index (χ2n) is 2.38. The van der Waals surface area contributed by atoms with Gasteiger partial charge in [-0.2, -0.15) is 0 Å². The van der Waals surface area contributed by atoms with Gasteiger partial charge in [-0.1, -0.05) is 13.8 Å². The van der Waals surface area contributed by atoms with E-state index in [9.17, 15) is 0 Å². The minimum absolute atomic E-state index is 0.643. The molecule has 0 rings (SSSR count). The number of nitrogens with zero attached hydrogens (tertiary/aromatic N) is 1. The van der Waals surface area contributed by atoms with Gasteiger partial charge in [-0.25, -0.2) is 5.01 Å². The molecule has 0 aromatic rings. The standard InChI is InChI=1S/C7H18N2/c1-5-7(3)9(4)8-6-2/h7-8H,5-6H2,1-4H3. The van der Waals surface area contributed by atoms with Crippen LogP contribution in [0.2, 0.25) is 0 Å². The van der Waals surface area contributed by atoms with Crippen molar-refractivity contribution in [2.75, 3.05) is 13.6 Å². The first-order chi connectivity index (χ1) is 4.22. The highest BCUT2D eigenvalue weighted by molar-refractivity contribution is 4.54. The molecule has 0 spiro atoms. The van der Waals surface area contributed by atoms with Crippen LogP contribution in [-0.2, 0) is 0 Å². The number of hydrogen-bond acceptors (Lipinski definition) is 2. The minimum atomic E-state index is 0.643. The lowest BCUT2D eigenvalue weighted by atomic mass is 10.3. The Labute approximate surface area is 58.2 Å². The first-order valence-corrected chi connectivity index (χ1v) is 3.68. The highest BCUT2D eigenvalue weighted by atomic mass is 15.5. The molecule has 1 N–H and O–H groups in total. The fourth-order valence-corrected chi connectivity index (χ4v) is 0.679. The smallest absolute Gasteiger partial charge is 0.0209 e. The zero-order chi connectivity index (χ0) is 7.28. The topological polar surface area (TPSA) is 15.3 Å². The second kappa shape index (κ2) is 4.77. The van der Waals surface area contributed by atoms with E-state index in [1.165, 1.54) is 6.42 Å². The third-order valence-corrected chi connectivity index (χ3v) is 1.66. The van der Waals surface area contributed by atoms with Crippen molar-refractivity contribution >= 4 is 0 Å². The van der Waals surface area contributed by atoms with E-state index in [0.717, 1.165) is 6.54 Å². The van der Waals surface area contributed by atoms with Crippen LogP contribution in [0.1, 0.15) is 27.2 Å². The lowest BCUT2D eigenvalue weighted by Crippen LogP contribution is -2.40. The predicted molar refractivity (Wildman–Crippen MR) is 41.2 cm³/mol. The summed E-state index contributed by atoms with van der Waals surface area (Å²) in [7, 11) is 2.08. The summed E-state index contributed by atoms with van der Waals surface area (Å²) in [5.74, 6) is 0. The fraction of sp³-hybridized carbons (Fsp3) is 1.00. The van der Waals surface area contributed by atoms with Gasteiger partial charge in [0.25, 0.3) is 0 Å². The maximum atomic E-state index is 3.23. The van der Waals surface area contributed by atoms with E-state index in [1.807, 2.05) is 0 Å². The van der Waals surface area contributed by atoms with E-state index >= 15 is 0 Å². The normalized spacial score (nSPS) is 14.3. The lowest BCUT2D eigenvalue weighted by Gasteiger charge is -2.23. The summed E-state index contributed by atoms with van der Waals surface area (Å²) in [4.78, 5) is 0. The van der Waals surface area contributed by atoms with Gasteiger partial charge in [0, 0.05) is 19.6 Å². The maximum absolute atomic E-state index is 3.23. The Morgan fingerprint density at radius 1 is 1.44 bits per heavy atom. The van der Waals surface area contributed by atoms with Crippen LogP contribution in [0.25, 0.3) is 0 Å². The summed E-state index contributed by atoms with van der Waals surface area (Å²) < 4.78 is 0. The number of hydrazine groups is 1. The molecule has 1 atom stereocenters. The summed E-state index contributed by atoms with van der Waals surface area (Å²) in [6.07, 6.45) is 1.20. The van der Waals surface area contributed by atoms with Crippen molar-refractivity contribution in [3.63, 3.8) is 0 Å². The molecule has 0 saturated carbocycles. The molecule has 0 heterocycles. The first-order valence-electron chi connectivity index (χ1n) is 3.68. The number of rotatable bonds is 4. The van der Waals surface area contributed by atoms with Gasteiger partial charge < -0.3 is 0 Å². The highest BCUT2D eigenvalue weighted by Crippen LogP contribution is 1.94. The van der Waals surface area contributed by atoms with E-state index in [4.69, 9.17) is 0 Å². The summed E-state index contributed by atoms with van der Waals surface area (Å²) in [5, 5.41) is 2.15. The van der Waals surface area contributed by atoms with Gasteiger partial charge in [-0.15, -0.1) is 0 Å². The minimum Gasteiger partial charge on any atom is -0.255 e. The van der Waals surface area contributed by atoms with Crippen molar-refractivity contribution in [3.8, 4) is 0 Å². The van der Waals surface area contributed by atoms with Crippen LogP contribution in [0, 0.1) is 0 Å². The van der Waals surface area contributed by atoms with Crippen molar-refractivity contribution < 1.29 is 0 Å². The fourth-order valence-electron chi connectivity index (χ4n) is 0.679. The Hall–Kier alpha value is -0.0800. The van der Waals surface area contributed by atoms with Crippen LogP contribution in [0.5, 0.6) is 0 Å². The SMILES string of the molecule is CCNN(C)C(C)CC. The molecule has 0 radical (unpaired) electrons. The third kappa shape index (κ3) is 3.49. The summed E-state index contributed by atoms with van der Waals surface area (Å²) in [5.41, 5.74) is 3.23. The van der Waals surface area contributed by atoms with Gasteiger partial charge in [0.15, 0.2) is 0 Å². The van der Waals surface area contributed by atoms with Crippen molar-refractivity contribution in [1.82, 2.24) is 10.4 Å². The lowest BCUT2D eigenvalue weighted by molar-refractivity contribution is 0.175. The van der Waals surface area contributed by atoms with Gasteiger partial charge in [0.2, 0.25) is 0 Å². The van der Waals surface area contributed by atoms with Crippen LogP contribution in [0.3, 0.4) is 0 Å². The highest BCUT2D eigenvalue weighted by Gasteiger charge is 2.02. The maximum Gasteiger partial charge on any atom is 0.0209 e. The predicted octanol–water partition coefficient (Wildman–Crippen LogP) is 1.24. The molecule has 0 bridgehead atoms. The van der Waals surface area contributed by atoms with E-state index in [1.54, 1.807) is 0 Å². The molecule has 0 saturated heterocycles. The molecule has 0 aromatic heterocycles. The van der Waals surface area contributed by atoms with Crippen LogP contribution in [-0.4, -0.2) is 24.6 Å². The average molecular weight is 130 g/mol. The van der Waals surface area contributed by atoms with Crippen LogP contribution < -0.4 is 5.43 Å². The summed E-state index contributed by atoms with van der Waals surface area (Å²) in [6, 6.07) is 0.643. The third-order valence-electron chi connectivity index (χ3n) is 1.66. The Morgan fingerprint density at radius 2 is 2.00 bits per heavy atom. The molecule has 56 valence electrons. The molecule has 0 aliphatic heterocycles. The number of hydrogen-bond donors (Lipinski definition) is 1. The van der Waals surface area contributed by atoms with E-state index < -0.39 is 0 Å². The van der Waals surface area contributed by atoms with Crippen molar-refractivity contribution in [2.45, 2.75) is 33.2 Å². The van der Waals surface area contributed by atoms with Gasteiger partial charge in [-0.3, -0.25) is 5.43 Å². The summed E-state index contributed by atoms with van der Waals surface area (Å²) in [6.45, 7) is 7.53. The Morgan fingerprint density at radius 3 is 2.33 bits per heavy atom. The molecule has 0 amide bonds. The van der Waals surface area contributed by atoms with E-state index in [-0.39, 0.29) is 0 Å². The molecule has 0 aliphatic rings. The molecular weight excluding hydrogens is 112 g/mol. The van der Waals surface area contributed by atoms with Crippen LogP contribution in [0.4, 0.5) is 0 Å². The first kappa shape index (κ1) is 8.92. The molecule has 0 aromatic carbocycles. The van der Waals surface area contributed by atoms with Crippen molar-refractivity contribution in [3.05, 3.63) is 0 Å². The molecule has 0 aliphatic carbocycles. The van der Waals surface area contributed by atoms with Gasteiger partial charge in [0.05, 0.1) is 0 Å². The van der Waals surface area contributed by atoms with Gasteiger partial charge in [-0.05, 0) is 13.3 Å². The zero-order valence-corrected chi connectivity index (χ0v) is 6.94. The Bertz CT molecular complexity index is 63.9. The second-order valence-corrected chi connectivity index (χ2v) is 2.38. The molecular formula is C7H18N2. The van der Waals surface area contributed by atoms with Crippen molar-refractivity contribution in [2.24, 2.45) is 0 Å². The molecule has 9 heavy (non-hydrogen) atoms. The Kier molecular flexibility index (Phi) is 4.72. The number of nitrogens with one attached hydrogen (secondary N) is 1. The summed E-state index contributed by atoms with van der Waals surface area (Å²) >= 11 is 0. The average Bonchev–Trinajstić information content (AvgIpc) is 1.87. The molecule has 2 heteroatoms. The quantitative estimate of drug-likeness (QED) is 0.576. The Balaban J connectivity index is 3.32. The monoisotopic (exact) mass is 130 g/mol.